The number of likely N-dealkylation sites (N-methyl/N-ethyl adjacent to an activating group) is 1. The summed E-state index contributed by atoms with van der Waals surface area (Å²) >= 11 is 0. The Balaban J connectivity index is -0.0000000987. The van der Waals surface area contributed by atoms with Crippen molar-refractivity contribution in [1.82, 2.24) is 10.2 Å². The predicted molar refractivity (Wildman–Crippen MR) is 177 cm³/mol. The number of hydrogen-bond donors (Lipinski definition) is 2. The van der Waals surface area contributed by atoms with Crippen LogP contribution in [0.4, 0.5) is 4.39 Å². The van der Waals surface area contributed by atoms with E-state index in [9.17, 15) is 18.8 Å². The Morgan fingerprint density at radius 2 is 1.15 bits per heavy atom. The van der Waals surface area contributed by atoms with E-state index < -0.39 is 6.17 Å². The molecule has 0 aliphatic heterocycles. The smallest absolute Gasteiger partial charge is 0.149 e. The van der Waals surface area contributed by atoms with Crippen LogP contribution in [0.5, 0.6) is 0 Å². The van der Waals surface area contributed by atoms with Gasteiger partial charge in [-0.1, -0.05) is 96.9 Å². The molecule has 0 radical (unpaired) electrons. The van der Waals surface area contributed by atoms with Crippen LogP contribution in [0.2, 0.25) is 0 Å². The molecule has 7 heteroatoms. The minimum absolute atomic E-state index is 0.0393. The van der Waals surface area contributed by atoms with Crippen LogP contribution in [0.25, 0.3) is 0 Å². The third-order valence-corrected chi connectivity index (χ3v) is 5.31. The molecule has 0 aliphatic carbocycles. The molecule has 3 atom stereocenters. The van der Waals surface area contributed by atoms with Crippen molar-refractivity contribution in [3.63, 3.8) is 0 Å². The number of hydrogen-bond acceptors (Lipinski definition) is 6. The average molecular weight is 580 g/mol. The fourth-order valence-electron chi connectivity index (χ4n) is 2.81. The SMILES string of the molecule is CC.CC.CC.CC(F)CNCC(=O)C(C)C.CCC(=O)C(N)CCC(C)C.CCC(=O)[C@H](C)N(C)CC(C)C. The monoisotopic (exact) mass is 580 g/mol. The van der Waals surface area contributed by atoms with Gasteiger partial charge in [-0.2, -0.15) is 0 Å². The lowest BCUT2D eigenvalue weighted by atomic mass is 10.0. The molecule has 0 aromatic heterocycles. The van der Waals surface area contributed by atoms with Gasteiger partial charge in [0.05, 0.1) is 18.6 Å². The minimum atomic E-state index is -0.880. The molecule has 0 saturated heterocycles. The second-order valence-electron chi connectivity index (χ2n) is 10.3. The maximum Gasteiger partial charge on any atom is 0.149 e. The van der Waals surface area contributed by atoms with E-state index in [1.54, 1.807) is 0 Å². The van der Waals surface area contributed by atoms with Crippen LogP contribution in [-0.4, -0.2) is 67.2 Å². The summed E-state index contributed by atoms with van der Waals surface area (Å²) in [6.45, 7) is 33.1. The van der Waals surface area contributed by atoms with Crippen molar-refractivity contribution < 1.29 is 18.8 Å². The van der Waals surface area contributed by atoms with Crippen molar-refractivity contribution in [2.24, 2.45) is 23.5 Å². The number of carbonyl (C=O) groups excluding carboxylic acids is 3. The maximum absolute atomic E-state index is 12.2. The second kappa shape index (κ2) is 37.8. The van der Waals surface area contributed by atoms with Gasteiger partial charge in [-0.05, 0) is 45.6 Å². The van der Waals surface area contributed by atoms with E-state index in [2.05, 4.69) is 37.9 Å². The van der Waals surface area contributed by atoms with Gasteiger partial charge in [-0.3, -0.25) is 19.3 Å². The summed E-state index contributed by atoms with van der Waals surface area (Å²) in [5.74, 6) is 1.96. The molecule has 6 nitrogen and oxygen atoms in total. The largest absolute Gasteiger partial charge is 0.322 e. The van der Waals surface area contributed by atoms with Crippen LogP contribution in [0.15, 0.2) is 0 Å². The summed E-state index contributed by atoms with van der Waals surface area (Å²) in [7, 11) is 2.01. The Hall–Kier alpha value is -1.18. The van der Waals surface area contributed by atoms with Gasteiger partial charge in [0.1, 0.15) is 23.5 Å². The van der Waals surface area contributed by atoms with E-state index in [-0.39, 0.29) is 42.7 Å². The second-order valence-corrected chi connectivity index (χ2v) is 10.3. The first kappa shape index (κ1) is 51.5. The van der Waals surface area contributed by atoms with Crippen molar-refractivity contribution in [2.45, 2.75) is 155 Å². The highest BCUT2D eigenvalue weighted by Crippen LogP contribution is 2.06. The van der Waals surface area contributed by atoms with Gasteiger partial charge in [0.15, 0.2) is 0 Å². The van der Waals surface area contributed by atoms with Crippen LogP contribution in [0.3, 0.4) is 0 Å². The normalized spacial score (nSPS) is 12.1. The molecule has 0 fully saturated rings. The number of alkyl halides is 1. The molecule has 2 unspecified atom stereocenters. The van der Waals surface area contributed by atoms with Gasteiger partial charge >= 0.3 is 0 Å². The van der Waals surface area contributed by atoms with Gasteiger partial charge < -0.3 is 11.1 Å². The zero-order chi connectivity index (χ0) is 33.4. The quantitative estimate of drug-likeness (QED) is 0.205. The summed E-state index contributed by atoms with van der Waals surface area (Å²) in [5, 5.41) is 2.74. The molecule has 0 amide bonds. The van der Waals surface area contributed by atoms with E-state index in [1.807, 2.05) is 83.2 Å². The fraction of sp³-hybridized carbons (Fsp3) is 0.909. The van der Waals surface area contributed by atoms with E-state index in [1.165, 1.54) is 6.92 Å². The number of ketones is 3. The van der Waals surface area contributed by atoms with Crippen LogP contribution in [-0.2, 0) is 14.4 Å². The van der Waals surface area contributed by atoms with E-state index in [4.69, 9.17) is 5.73 Å². The molecular weight excluding hydrogens is 505 g/mol. The van der Waals surface area contributed by atoms with E-state index >= 15 is 0 Å². The number of Topliss-reactive ketones (excluding diaryl/α,β-unsaturated/α-hetero) is 3. The summed E-state index contributed by atoms with van der Waals surface area (Å²) < 4.78 is 12.2. The van der Waals surface area contributed by atoms with Crippen molar-refractivity contribution in [1.29, 1.82) is 0 Å². The van der Waals surface area contributed by atoms with Crippen molar-refractivity contribution in [3.8, 4) is 0 Å². The standard InChI is InChI=1S/C10H21NO.C9H19NO.C8H16FNO.3C2H6/c1-6-10(12)9(4)11(5)7-8(2)3;1-4-9(11)8(10)6-5-7(2)3;1-6(2)8(11)5-10-4-7(3)9;3*1-2/h8-9H,6-7H2,1-5H3;7-8H,4-6,10H2,1-3H3;6-7,10H,4-5H2,1-3H3;3*1-2H3/t9-;;;;;/m0...../s1. The number of rotatable bonds is 15. The third-order valence-electron chi connectivity index (χ3n) is 5.31. The zero-order valence-electron chi connectivity index (χ0n) is 30.0. The molecule has 0 aromatic rings. The molecule has 0 bridgehead atoms. The molecule has 40 heavy (non-hydrogen) atoms. The lowest BCUT2D eigenvalue weighted by Crippen LogP contribution is -2.37. The molecule has 0 heterocycles. The van der Waals surface area contributed by atoms with Gasteiger partial charge in [-0.15, -0.1) is 0 Å². The molecular formula is C33H74FN3O3. The van der Waals surface area contributed by atoms with Crippen molar-refractivity contribution in [2.75, 3.05) is 26.7 Å². The van der Waals surface area contributed by atoms with Crippen LogP contribution in [0.1, 0.15) is 136 Å². The van der Waals surface area contributed by atoms with Crippen molar-refractivity contribution >= 4 is 17.3 Å². The van der Waals surface area contributed by atoms with Gasteiger partial charge in [-0.25, -0.2) is 4.39 Å². The Kier molecular flexibility index (Phi) is 48.7. The highest BCUT2D eigenvalue weighted by atomic mass is 19.1. The van der Waals surface area contributed by atoms with Crippen LogP contribution in [0, 0.1) is 17.8 Å². The molecule has 0 aliphatic rings. The fourth-order valence-corrected chi connectivity index (χ4v) is 2.81. The first-order valence-corrected chi connectivity index (χ1v) is 16.0. The predicted octanol–water partition coefficient (Wildman–Crippen LogP) is 7.91. The summed E-state index contributed by atoms with van der Waals surface area (Å²) in [5.41, 5.74) is 5.63. The average Bonchev–Trinajstić information content (AvgIpc) is 2.93. The topological polar surface area (TPSA) is 92.5 Å². The number of nitrogens with one attached hydrogen (secondary N) is 1. The maximum atomic E-state index is 12.2. The van der Waals surface area contributed by atoms with Gasteiger partial charge in [0.2, 0.25) is 0 Å². The summed E-state index contributed by atoms with van der Waals surface area (Å²) in [4.78, 5) is 35.4. The Bertz CT molecular complexity index is 537. The first-order chi connectivity index (χ1) is 18.6. The Morgan fingerprint density at radius 3 is 1.45 bits per heavy atom. The van der Waals surface area contributed by atoms with Crippen LogP contribution >= 0.6 is 0 Å². The number of carbonyl (C=O) groups is 3. The summed E-state index contributed by atoms with van der Waals surface area (Å²) in [6, 6.07) is -0.139. The van der Waals surface area contributed by atoms with Crippen molar-refractivity contribution in [3.05, 3.63) is 0 Å². The highest BCUT2D eigenvalue weighted by Gasteiger charge is 2.16. The zero-order valence-corrected chi connectivity index (χ0v) is 30.0. The lowest BCUT2D eigenvalue weighted by molar-refractivity contribution is -0.123. The Labute approximate surface area is 251 Å². The molecule has 0 spiro atoms. The summed E-state index contributed by atoms with van der Waals surface area (Å²) in [6.07, 6.45) is 2.22. The third kappa shape index (κ3) is 41.3. The molecule has 0 aromatic carbocycles. The Morgan fingerprint density at radius 1 is 0.725 bits per heavy atom. The number of nitrogens with zero attached hydrogens (tertiary/aromatic N) is 1. The van der Waals surface area contributed by atoms with E-state index in [0.717, 1.165) is 19.4 Å². The minimum Gasteiger partial charge on any atom is -0.322 e. The van der Waals surface area contributed by atoms with Crippen LogP contribution < -0.4 is 11.1 Å². The van der Waals surface area contributed by atoms with E-state index in [0.29, 0.717) is 30.5 Å². The molecule has 0 rings (SSSR count). The number of halogens is 1. The molecule has 246 valence electrons. The number of nitrogens with two attached hydrogens (primary N) is 1. The molecule has 0 saturated carbocycles. The molecule has 3 N–H and O–H groups in total. The van der Waals surface area contributed by atoms with Gasteiger partial charge in [0.25, 0.3) is 0 Å². The van der Waals surface area contributed by atoms with Gasteiger partial charge in [0, 0.05) is 31.8 Å². The highest BCUT2D eigenvalue weighted by molar-refractivity contribution is 5.83. The first-order valence-electron chi connectivity index (χ1n) is 16.0. The lowest BCUT2D eigenvalue weighted by Gasteiger charge is -2.24.